The molecule has 4 heteroatoms. The lowest BCUT2D eigenvalue weighted by Gasteiger charge is -2.34. The van der Waals surface area contributed by atoms with E-state index in [2.05, 4.69) is 0 Å². The molecule has 4 atom stereocenters. The third-order valence-corrected chi connectivity index (χ3v) is 3.51. The van der Waals surface area contributed by atoms with Gasteiger partial charge in [-0.05, 0) is 32.6 Å². The molecule has 1 aliphatic carbocycles. The Labute approximate surface area is 89.6 Å². The van der Waals surface area contributed by atoms with Crippen molar-refractivity contribution in [2.45, 2.75) is 45.0 Å². The standard InChI is InChI=1S/C11H18O4/c1-3-14-8-6-7-4-5-11(2,13)9(7)10(12)15-8/h7-9,13H,3-6H2,1-2H3/t7-,8+,9-,11+/m1/s1. The number of aliphatic hydroxyl groups is 1. The van der Waals surface area contributed by atoms with Crippen LogP contribution in [-0.4, -0.2) is 29.6 Å². The van der Waals surface area contributed by atoms with Crippen LogP contribution in [0.3, 0.4) is 0 Å². The van der Waals surface area contributed by atoms with Crippen LogP contribution in [0.2, 0.25) is 0 Å². The van der Waals surface area contributed by atoms with Crippen molar-refractivity contribution in [2.24, 2.45) is 11.8 Å². The predicted molar refractivity (Wildman–Crippen MR) is 53.0 cm³/mol. The van der Waals surface area contributed by atoms with E-state index in [4.69, 9.17) is 9.47 Å². The normalized spacial score (nSPS) is 45.0. The molecule has 0 unspecified atom stereocenters. The highest BCUT2D eigenvalue weighted by Gasteiger charge is 2.52. The van der Waals surface area contributed by atoms with Crippen molar-refractivity contribution in [1.29, 1.82) is 0 Å². The van der Waals surface area contributed by atoms with Crippen LogP contribution >= 0.6 is 0 Å². The Bertz CT molecular complexity index is 261. The Morgan fingerprint density at radius 3 is 3.07 bits per heavy atom. The van der Waals surface area contributed by atoms with Gasteiger partial charge >= 0.3 is 5.97 Å². The molecule has 2 fully saturated rings. The number of esters is 1. The minimum Gasteiger partial charge on any atom is -0.435 e. The molecule has 0 radical (unpaired) electrons. The van der Waals surface area contributed by atoms with Crippen LogP contribution in [0.25, 0.3) is 0 Å². The summed E-state index contributed by atoms with van der Waals surface area (Å²) in [4.78, 5) is 11.7. The molecule has 4 nitrogen and oxygen atoms in total. The summed E-state index contributed by atoms with van der Waals surface area (Å²) < 4.78 is 10.5. The van der Waals surface area contributed by atoms with E-state index in [0.29, 0.717) is 13.0 Å². The zero-order valence-electron chi connectivity index (χ0n) is 9.23. The minimum absolute atomic E-state index is 0.220. The van der Waals surface area contributed by atoms with Crippen molar-refractivity contribution in [1.82, 2.24) is 0 Å². The molecule has 1 saturated carbocycles. The summed E-state index contributed by atoms with van der Waals surface area (Å²) in [6, 6.07) is 0. The molecule has 86 valence electrons. The van der Waals surface area contributed by atoms with Crippen LogP contribution < -0.4 is 0 Å². The number of carbonyl (C=O) groups is 1. The van der Waals surface area contributed by atoms with Gasteiger partial charge in [0.25, 0.3) is 0 Å². The molecule has 1 saturated heterocycles. The van der Waals surface area contributed by atoms with Crippen LogP contribution in [0.4, 0.5) is 0 Å². The maximum atomic E-state index is 11.7. The van der Waals surface area contributed by atoms with E-state index in [9.17, 15) is 9.90 Å². The molecule has 0 bridgehead atoms. The first-order valence-corrected chi connectivity index (χ1v) is 5.59. The lowest BCUT2D eigenvalue weighted by molar-refractivity contribution is -0.208. The molecule has 0 aromatic rings. The lowest BCUT2D eigenvalue weighted by Crippen LogP contribution is -2.45. The van der Waals surface area contributed by atoms with Gasteiger partial charge in [0.15, 0.2) is 0 Å². The minimum atomic E-state index is -0.890. The van der Waals surface area contributed by atoms with E-state index in [-0.39, 0.29) is 17.8 Å². The van der Waals surface area contributed by atoms with E-state index < -0.39 is 11.9 Å². The molecule has 15 heavy (non-hydrogen) atoms. The van der Waals surface area contributed by atoms with E-state index in [1.165, 1.54) is 0 Å². The maximum absolute atomic E-state index is 11.7. The number of hydrogen-bond acceptors (Lipinski definition) is 4. The molecule has 2 aliphatic rings. The Hall–Kier alpha value is -0.610. The predicted octanol–water partition coefficient (Wildman–Crippen LogP) is 1.07. The Morgan fingerprint density at radius 2 is 2.40 bits per heavy atom. The van der Waals surface area contributed by atoms with Gasteiger partial charge < -0.3 is 14.6 Å². The number of carbonyl (C=O) groups excluding carboxylic acids is 1. The summed E-state index contributed by atoms with van der Waals surface area (Å²) in [5.74, 6) is -0.431. The van der Waals surface area contributed by atoms with Crippen LogP contribution in [0.5, 0.6) is 0 Å². The molecule has 0 aromatic heterocycles. The summed E-state index contributed by atoms with van der Waals surface area (Å²) in [5.41, 5.74) is -0.890. The summed E-state index contributed by atoms with van der Waals surface area (Å²) in [6.45, 7) is 4.15. The Kier molecular flexibility index (Phi) is 2.73. The van der Waals surface area contributed by atoms with Gasteiger partial charge in [-0.2, -0.15) is 0 Å². The molecule has 2 rings (SSSR count). The third-order valence-electron chi connectivity index (χ3n) is 3.51. The van der Waals surface area contributed by atoms with Gasteiger partial charge in [-0.25, -0.2) is 0 Å². The topological polar surface area (TPSA) is 55.8 Å². The first-order valence-electron chi connectivity index (χ1n) is 5.59. The molecule has 1 heterocycles. The first kappa shape index (κ1) is 10.9. The molecule has 1 aliphatic heterocycles. The second-order valence-corrected chi connectivity index (χ2v) is 4.69. The van der Waals surface area contributed by atoms with Crippen LogP contribution in [0.1, 0.15) is 33.1 Å². The lowest BCUT2D eigenvalue weighted by atomic mass is 9.84. The van der Waals surface area contributed by atoms with Crippen LogP contribution in [0, 0.1) is 11.8 Å². The Balaban J connectivity index is 2.08. The maximum Gasteiger partial charge on any atom is 0.314 e. The molecular formula is C11H18O4. The van der Waals surface area contributed by atoms with Gasteiger partial charge in [-0.3, -0.25) is 4.79 Å². The fourth-order valence-electron chi connectivity index (χ4n) is 2.79. The van der Waals surface area contributed by atoms with Gasteiger partial charge in [0.05, 0.1) is 11.5 Å². The molecule has 1 N–H and O–H groups in total. The van der Waals surface area contributed by atoms with E-state index in [1.54, 1.807) is 6.92 Å². The quantitative estimate of drug-likeness (QED) is 0.699. The molecule has 0 spiro atoms. The van der Waals surface area contributed by atoms with Crippen LogP contribution in [-0.2, 0) is 14.3 Å². The number of fused-ring (bicyclic) bond motifs is 1. The highest BCUT2D eigenvalue weighted by atomic mass is 16.7. The summed E-state index contributed by atoms with van der Waals surface area (Å²) in [5, 5.41) is 10.0. The second kappa shape index (κ2) is 3.76. The van der Waals surface area contributed by atoms with Crippen LogP contribution in [0.15, 0.2) is 0 Å². The van der Waals surface area contributed by atoms with Crippen molar-refractivity contribution < 1.29 is 19.4 Å². The smallest absolute Gasteiger partial charge is 0.314 e. The number of ether oxygens (including phenoxy) is 2. The molecule has 0 aromatic carbocycles. The van der Waals surface area contributed by atoms with E-state index in [0.717, 1.165) is 12.8 Å². The fraction of sp³-hybridized carbons (Fsp3) is 0.909. The average molecular weight is 214 g/mol. The first-order chi connectivity index (χ1) is 7.04. The van der Waals surface area contributed by atoms with Gasteiger partial charge in [-0.15, -0.1) is 0 Å². The largest absolute Gasteiger partial charge is 0.435 e. The van der Waals surface area contributed by atoms with E-state index >= 15 is 0 Å². The highest BCUT2D eigenvalue weighted by Crippen LogP contribution is 2.46. The number of hydrogen-bond donors (Lipinski definition) is 1. The van der Waals surface area contributed by atoms with Crippen molar-refractivity contribution in [3.63, 3.8) is 0 Å². The van der Waals surface area contributed by atoms with Crippen molar-refractivity contribution in [3.05, 3.63) is 0 Å². The number of rotatable bonds is 2. The van der Waals surface area contributed by atoms with Gasteiger partial charge in [0, 0.05) is 13.0 Å². The van der Waals surface area contributed by atoms with Crippen molar-refractivity contribution in [2.75, 3.05) is 6.61 Å². The van der Waals surface area contributed by atoms with Crippen molar-refractivity contribution in [3.8, 4) is 0 Å². The molecular weight excluding hydrogens is 196 g/mol. The van der Waals surface area contributed by atoms with Gasteiger partial charge in [0.2, 0.25) is 6.29 Å². The second-order valence-electron chi connectivity index (χ2n) is 4.69. The van der Waals surface area contributed by atoms with Gasteiger partial charge in [0.1, 0.15) is 0 Å². The van der Waals surface area contributed by atoms with E-state index in [1.807, 2.05) is 6.92 Å². The summed E-state index contributed by atoms with van der Waals surface area (Å²) >= 11 is 0. The zero-order valence-corrected chi connectivity index (χ0v) is 9.23. The molecule has 0 amide bonds. The number of cyclic esters (lactones) is 1. The SMILES string of the molecule is CCO[C@@H]1C[C@H]2CC[C@](C)(O)[C@H]2C(=O)O1. The van der Waals surface area contributed by atoms with Gasteiger partial charge in [-0.1, -0.05) is 0 Å². The Morgan fingerprint density at radius 1 is 1.67 bits per heavy atom. The van der Waals surface area contributed by atoms with Crippen molar-refractivity contribution >= 4 is 5.97 Å². The highest BCUT2D eigenvalue weighted by molar-refractivity contribution is 5.75. The summed E-state index contributed by atoms with van der Waals surface area (Å²) in [7, 11) is 0. The summed E-state index contributed by atoms with van der Waals surface area (Å²) in [6.07, 6.45) is 1.88. The third kappa shape index (κ3) is 1.88. The average Bonchev–Trinajstić information content (AvgIpc) is 2.43. The zero-order chi connectivity index (χ0) is 11.1. The fourth-order valence-corrected chi connectivity index (χ4v) is 2.79. The monoisotopic (exact) mass is 214 g/mol.